The van der Waals surface area contributed by atoms with Crippen molar-refractivity contribution in [3.8, 4) is 0 Å². The van der Waals surface area contributed by atoms with E-state index in [1.165, 1.54) is 4.88 Å². The van der Waals surface area contributed by atoms with Crippen molar-refractivity contribution in [2.24, 2.45) is 0 Å². The molecule has 1 aromatic rings. The molecule has 1 heterocycles. The summed E-state index contributed by atoms with van der Waals surface area (Å²) in [6.45, 7) is 3.63. The minimum Gasteiger partial charge on any atom is -0.398 e. The van der Waals surface area contributed by atoms with Crippen LogP contribution in [-0.2, 0) is 6.54 Å². The van der Waals surface area contributed by atoms with Gasteiger partial charge >= 0.3 is 0 Å². The molecule has 0 saturated carbocycles. The van der Waals surface area contributed by atoms with Gasteiger partial charge in [0.15, 0.2) is 0 Å². The lowest BCUT2D eigenvalue weighted by Gasteiger charge is -2.08. The highest BCUT2D eigenvalue weighted by Gasteiger charge is 2.01. The molecule has 1 rings (SSSR count). The highest BCUT2D eigenvalue weighted by Crippen LogP contribution is 2.17. The van der Waals surface area contributed by atoms with E-state index in [0.717, 1.165) is 31.6 Å². The molecule has 0 aliphatic rings. The summed E-state index contributed by atoms with van der Waals surface area (Å²) in [6.07, 6.45) is 1.45. The van der Waals surface area contributed by atoms with E-state index < -0.39 is 0 Å². The number of hydrogen-bond acceptors (Lipinski definition) is 4. The Hall–Kier alpha value is -0.580. The summed E-state index contributed by atoms with van der Waals surface area (Å²) < 4.78 is 0. The summed E-state index contributed by atoms with van der Waals surface area (Å²) >= 11 is 1.66. The number of aliphatic hydroxyl groups excluding tert-OH is 1. The first-order chi connectivity index (χ1) is 6.74. The Morgan fingerprint density at radius 3 is 3.00 bits per heavy atom. The van der Waals surface area contributed by atoms with Gasteiger partial charge in [-0.25, -0.2) is 0 Å². The van der Waals surface area contributed by atoms with Gasteiger partial charge in [-0.05, 0) is 30.8 Å². The lowest BCUT2D eigenvalue weighted by Crippen LogP contribution is -2.19. The molecule has 0 radical (unpaired) electrons. The summed E-state index contributed by atoms with van der Waals surface area (Å²) in [6, 6.07) is 1.92. The Balaban J connectivity index is 2.13. The molecule has 0 aliphatic carbocycles. The molecule has 0 fully saturated rings. The maximum atomic E-state index is 9.31. The van der Waals surface area contributed by atoms with Crippen molar-refractivity contribution >= 4 is 17.0 Å². The third-order valence-electron chi connectivity index (χ3n) is 2.19. The van der Waals surface area contributed by atoms with Crippen LogP contribution in [0.1, 0.15) is 24.6 Å². The number of nitrogens with one attached hydrogen (secondary N) is 1. The number of anilines is 1. The Bertz CT molecular complexity index is 262. The summed E-state index contributed by atoms with van der Waals surface area (Å²) in [4.78, 5) is 1.18. The van der Waals surface area contributed by atoms with Gasteiger partial charge in [-0.1, -0.05) is 6.92 Å². The predicted molar refractivity (Wildman–Crippen MR) is 61.4 cm³/mol. The standard InChI is InChI=1S/C10H18N2OS/c1-2-8(13)3-5-12-7-10-9(11)4-6-14-10/h4,6,8,12-13H,2-3,5,7,11H2,1H3. The van der Waals surface area contributed by atoms with E-state index in [4.69, 9.17) is 5.73 Å². The van der Waals surface area contributed by atoms with Crippen LogP contribution in [0.2, 0.25) is 0 Å². The van der Waals surface area contributed by atoms with Crippen molar-refractivity contribution in [3.63, 3.8) is 0 Å². The molecule has 0 aliphatic heterocycles. The normalized spacial score (nSPS) is 13.0. The van der Waals surface area contributed by atoms with Gasteiger partial charge in [0.2, 0.25) is 0 Å². The topological polar surface area (TPSA) is 58.3 Å². The van der Waals surface area contributed by atoms with Crippen molar-refractivity contribution in [1.82, 2.24) is 5.32 Å². The predicted octanol–water partition coefficient (Wildman–Crippen LogP) is 1.58. The molecule has 0 spiro atoms. The minimum atomic E-state index is -0.178. The van der Waals surface area contributed by atoms with E-state index in [-0.39, 0.29) is 6.10 Å². The Kier molecular flexibility index (Phi) is 4.93. The molecular weight excluding hydrogens is 196 g/mol. The Labute approximate surface area is 88.9 Å². The maximum absolute atomic E-state index is 9.31. The fraction of sp³-hybridized carbons (Fsp3) is 0.600. The van der Waals surface area contributed by atoms with Crippen molar-refractivity contribution in [3.05, 3.63) is 16.3 Å². The summed E-state index contributed by atoms with van der Waals surface area (Å²) in [5.74, 6) is 0. The second-order valence-electron chi connectivity index (χ2n) is 3.33. The molecule has 1 atom stereocenters. The van der Waals surface area contributed by atoms with Crippen LogP contribution >= 0.6 is 11.3 Å². The van der Waals surface area contributed by atoms with Gasteiger partial charge in [-0.2, -0.15) is 0 Å². The maximum Gasteiger partial charge on any atom is 0.0549 e. The number of nitrogen functional groups attached to an aromatic ring is 1. The van der Waals surface area contributed by atoms with Crippen LogP contribution in [-0.4, -0.2) is 17.8 Å². The van der Waals surface area contributed by atoms with Crippen LogP contribution < -0.4 is 11.1 Å². The van der Waals surface area contributed by atoms with Crippen molar-refractivity contribution in [1.29, 1.82) is 0 Å². The Morgan fingerprint density at radius 2 is 2.43 bits per heavy atom. The second kappa shape index (κ2) is 6.01. The van der Waals surface area contributed by atoms with E-state index >= 15 is 0 Å². The van der Waals surface area contributed by atoms with Crippen molar-refractivity contribution in [2.45, 2.75) is 32.4 Å². The molecule has 4 heteroatoms. The average Bonchev–Trinajstić information content (AvgIpc) is 2.58. The fourth-order valence-electron chi connectivity index (χ4n) is 1.17. The van der Waals surface area contributed by atoms with Gasteiger partial charge in [0.1, 0.15) is 0 Å². The lowest BCUT2D eigenvalue weighted by atomic mass is 10.2. The van der Waals surface area contributed by atoms with Crippen LogP contribution in [0.15, 0.2) is 11.4 Å². The van der Waals surface area contributed by atoms with Crippen molar-refractivity contribution in [2.75, 3.05) is 12.3 Å². The number of thiophene rings is 1. The SMILES string of the molecule is CCC(O)CCNCc1sccc1N. The summed E-state index contributed by atoms with van der Waals surface area (Å²) in [7, 11) is 0. The third kappa shape index (κ3) is 3.65. The molecule has 14 heavy (non-hydrogen) atoms. The number of aliphatic hydroxyl groups is 1. The van der Waals surface area contributed by atoms with Crippen LogP contribution in [0.5, 0.6) is 0 Å². The zero-order valence-electron chi connectivity index (χ0n) is 8.49. The Morgan fingerprint density at radius 1 is 1.64 bits per heavy atom. The summed E-state index contributed by atoms with van der Waals surface area (Å²) in [5, 5.41) is 14.6. The molecule has 80 valence electrons. The monoisotopic (exact) mass is 214 g/mol. The molecule has 1 unspecified atom stereocenters. The molecule has 1 aromatic heterocycles. The zero-order valence-corrected chi connectivity index (χ0v) is 9.31. The first-order valence-corrected chi connectivity index (χ1v) is 5.82. The quantitative estimate of drug-likeness (QED) is 0.630. The van der Waals surface area contributed by atoms with Gasteiger partial charge in [0.05, 0.1) is 6.10 Å². The highest BCUT2D eigenvalue weighted by molar-refractivity contribution is 7.10. The third-order valence-corrected chi connectivity index (χ3v) is 3.13. The minimum absolute atomic E-state index is 0.178. The van der Waals surface area contributed by atoms with Crippen LogP contribution in [0.3, 0.4) is 0 Å². The molecule has 0 bridgehead atoms. The molecule has 0 saturated heterocycles. The number of nitrogens with two attached hydrogens (primary N) is 1. The van der Waals surface area contributed by atoms with Gasteiger partial charge in [-0.15, -0.1) is 11.3 Å². The molecule has 0 amide bonds. The fourth-order valence-corrected chi connectivity index (χ4v) is 1.94. The van der Waals surface area contributed by atoms with E-state index in [0.29, 0.717) is 0 Å². The zero-order chi connectivity index (χ0) is 10.4. The van der Waals surface area contributed by atoms with E-state index in [2.05, 4.69) is 5.32 Å². The van der Waals surface area contributed by atoms with Crippen molar-refractivity contribution < 1.29 is 5.11 Å². The molecule has 0 aromatic carbocycles. The second-order valence-corrected chi connectivity index (χ2v) is 4.33. The first kappa shape index (κ1) is 11.5. The van der Waals surface area contributed by atoms with Crippen LogP contribution in [0, 0.1) is 0 Å². The van der Waals surface area contributed by atoms with Gasteiger partial charge < -0.3 is 16.2 Å². The number of rotatable bonds is 6. The average molecular weight is 214 g/mol. The van der Waals surface area contributed by atoms with E-state index in [1.807, 2.05) is 18.4 Å². The van der Waals surface area contributed by atoms with Gasteiger partial charge in [0.25, 0.3) is 0 Å². The largest absolute Gasteiger partial charge is 0.398 e. The van der Waals surface area contributed by atoms with Crippen LogP contribution in [0.4, 0.5) is 5.69 Å². The van der Waals surface area contributed by atoms with Gasteiger partial charge in [-0.3, -0.25) is 0 Å². The highest BCUT2D eigenvalue weighted by atomic mass is 32.1. The van der Waals surface area contributed by atoms with E-state index in [1.54, 1.807) is 11.3 Å². The van der Waals surface area contributed by atoms with E-state index in [9.17, 15) is 5.11 Å². The smallest absolute Gasteiger partial charge is 0.0549 e. The molecule has 4 N–H and O–H groups in total. The molecular formula is C10H18N2OS. The molecule has 3 nitrogen and oxygen atoms in total. The first-order valence-electron chi connectivity index (χ1n) is 4.94. The van der Waals surface area contributed by atoms with Gasteiger partial charge in [0, 0.05) is 17.1 Å². The number of hydrogen-bond donors (Lipinski definition) is 3. The van der Waals surface area contributed by atoms with Crippen LogP contribution in [0.25, 0.3) is 0 Å². The lowest BCUT2D eigenvalue weighted by molar-refractivity contribution is 0.160. The summed E-state index contributed by atoms with van der Waals surface area (Å²) in [5.41, 5.74) is 6.59.